The number of nitrogens with zero attached hydrogens (tertiary/aromatic N) is 2. The minimum atomic E-state index is -1.02. The Kier molecular flexibility index (Phi) is 10.7. The number of aliphatic hydroxyl groups is 1. The molecule has 3 aromatic carbocycles. The number of furan rings is 1. The molecule has 2 aromatic heterocycles. The third-order valence-electron chi connectivity index (χ3n) is 10.2. The Labute approximate surface area is 307 Å². The standard InChI is InChI=1S/C42H45N3O8/c1-4-5-6-11-26-16-18-27(19-17-26)35-20-28-22-45(41(48)44-39(28)53-35)37-21-34(46)36(52-37)24-50-40(47)38(25(2)3)43-42(49)51-23-33-31-14-9-7-12-29(31)30-13-8-10-15-32(30)33/h7-10,12-20,22,25,33-34,36-38,46H,4-6,11,21,23-24H2,1-3H3,(H,43,49)/t34-,36+,37+,38?/m0/s1. The second-order valence-corrected chi connectivity index (χ2v) is 14.2. The van der Waals surface area contributed by atoms with Crippen molar-refractivity contribution in [1.29, 1.82) is 0 Å². The third-order valence-corrected chi connectivity index (χ3v) is 10.2. The summed E-state index contributed by atoms with van der Waals surface area (Å²) in [5.41, 5.74) is 6.16. The number of carbonyl (C=O) groups excluding carboxylic acids is 2. The van der Waals surface area contributed by atoms with E-state index in [0.29, 0.717) is 11.1 Å². The van der Waals surface area contributed by atoms with E-state index in [1.165, 1.54) is 23.0 Å². The van der Waals surface area contributed by atoms with Crippen LogP contribution in [-0.4, -0.2) is 58.2 Å². The maximum atomic E-state index is 13.2. The van der Waals surface area contributed by atoms with Gasteiger partial charge in [-0.3, -0.25) is 4.57 Å². The van der Waals surface area contributed by atoms with E-state index in [4.69, 9.17) is 18.6 Å². The lowest BCUT2D eigenvalue weighted by molar-refractivity contribution is -0.153. The van der Waals surface area contributed by atoms with E-state index in [1.807, 2.05) is 54.6 Å². The molecule has 2 N–H and O–H groups in total. The van der Waals surface area contributed by atoms with Crippen molar-refractivity contribution in [2.75, 3.05) is 13.2 Å². The van der Waals surface area contributed by atoms with E-state index in [1.54, 1.807) is 20.0 Å². The van der Waals surface area contributed by atoms with Gasteiger partial charge in [0.05, 0.1) is 11.5 Å². The molecule has 11 heteroatoms. The summed E-state index contributed by atoms with van der Waals surface area (Å²) in [5, 5.41) is 14.1. The van der Waals surface area contributed by atoms with Gasteiger partial charge in [-0.1, -0.05) is 106 Å². The zero-order valence-electron chi connectivity index (χ0n) is 30.2. The molecule has 1 amide bonds. The van der Waals surface area contributed by atoms with Crippen LogP contribution >= 0.6 is 0 Å². The van der Waals surface area contributed by atoms with Crippen molar-refractivity contribution < 1.29 is 33.3 Å². The number of aliphatic hydroxyl groups excluding tert-OH is 1. The largest absolute Gasteiger partial charge is 0.461 e. The third kappa shape index (κ3) is 7.77. The molecule has 0 bridgehead atoms. The minimum absolute atomic E-state index is 0.0884. The molecule has 11 nitrogen and oxygen atoms in total. The molecule has 3 heterocycles. The van der Waals surface area contributed by atoms with Crippen LogP contribution in [0.1, 0.15) is 75.3 Å². The Morgan fingerprint density at radius 2 is 1.66 bits per heavy atom. The lowest BCUT2D eigenvalue weighted by Crippen LogP contribution is -2.46. The molecule has 0 saturated carbocycles. The predicted octanol–water partition coefficient (Wildman–Crippen LogP) is 7.14. The molecular formula is C42H45N3O8. The number of ether oxygens (including phenoxy) is 3. The van der Waals surface area contributed by atoms with Gasteiger partial charge < -0.3 is 29.1 Å². The second kappa shape index (κ2) is 15.8. The average molecular weight is 720 g/mol. The first-order chi connectivity index (χ1) is 25.7. The zero-order valence-corrected chi connectivity index (χ0v) is 30.2. The fourth-order valence-electron chi connectivity index (χ4n) is 7.24. The highest BCUT2D eigenvalue weighted by Gasteiger charge is 2.38. The highest BCUT2D eigenvalue weighted by Crippen LogP contribution is 2.44. The molecule has 7 rings (SSSR count). The molecule has 2 aliphatic rings. The van der Waals surface area contributed by atoms with Crippen molar-refractivity contribution in [1.82, 2.24) is 14.9 Å². The Morgan fingerprint density at radius 3 is 2.34 bits per heavy atom. The van der Waals surface area contributed by atoms with Crippen molar-refractivity contribution in [2.24, 2.45) is 5.92 Å². The number of aromatic nitrogens is 2. The van der Waals surface area contributed by atoms with Crippen LogP contribution in [0.4, 0.5) is 4.79 Å². The fourth-order valence-corrected chi connectivity index (χ4v) is 7.24. The van der Waals surface area contributed by atoms with Gasteiger partial charge in [0.25, 0.3) is 0 Å². The molecular weight excluding hydrogens is 674 g/mol. The number of esters is 1. The van der Waals surface area contributed by atoms with Gasteiger partial charge in [0.15, 0.2) is 0 Å². The summed E-state index contributed by atoms with van der Waals surface area (Å²) in [6, 6.07) is 25.1. The summed E-state index contributed by atoms with van der Waals surface area (Å²) in [5.74, 6) is -0.533. The van der Waals surface area contributed by atoms with Crippen LogP contribution in [0.15, 0.2) is 94.3 Å². The fraction of sp³-hybridized carbons (Fsp3) is 0.381. The van der Waals surface area contributed by atoms with Crippen LogP contribution in [0.2, 0.25) is 0 Å². The maximum Gasteiger partial charge on any atom is 0.407 e. The number of hydrogen-bond donors (Lipinski definition) is 2. The van der Waals surface area contributed by atoms with Gasteiger partial charge in [0.2, 0.25) is 5.71 Å². The Morgan fingerprint density at radius 1 is 0.962 bits per heavy atom. The average Bonchev–Trinajstić information content (AvgIpc) is 3.84. The molecule has 4 atom stereocenters. The van der Waals surface area contributed by atoms with E-state index in [9.17, 15) is 19.5 Å². The molecule has 1 fully saturated rings. The van der Waals surface area contributed by atoms with E-state index >= 15 is 0 Å². The summed E-state index contributed by atoms with van der Waals surface area (Å²) in [4.78, 5) is 43.4. The van der Waals surface area contributed by atoms with Gasteiger partial charge >= 0.3 is 17.8 Å². The Bertz CT molecular complexity index is 2090. The lowest BCUT2D eigenvalue weighted by Gasteiger charge is -2.23. The van der Waals surface area contributed by atoms with Crippen molar-refractivity contribution in [3.8, 4) is 22.5 Å². The number of rotatable bonds is 13. The number of aryl methyl sites for hydroxylation is 1. The number of fused-ring (bicyclic) bond motifs is 4. The molecule has 5 aromatic rings. The van der Waals surface area contributed by atoms with Crippen molar-refractivity contribution in [2.45, 2.75) is 83.3 Å². The predicted molar refractivity (Wildman–Crippen MR) is 199 cm³/mol. The molecule has 0 radical (unpaired) electrons. The SMILES string of the molecule is CCCCCc1ccc(-c2cc3cn([C@H]4C[C@H](O)[C@@H](COC(=O)C(NC(=O)OCC5c6ccccc6-c6ccccc65)C(C)C)O4)c(=O)nc3o2)cc1. The van der Waals surface area contributed by atoms with Crippen LogP contribution in [0.5, 0.6) is 0 Å². The summed E-state index contributed by atoms with van der Waals surface area (Å²) in [6.45, 7) is 5.59. The van der Waals surface area contributed by atoms with Crippen LogP contribution in [-0.2, 0) is 25.4 Å². The summed E-state index contributed by atoms with van der Waals surface area (Å²) in [6.07, 6.45) is 2.77. The van der Waals surface area contributed by atoms with Crippen LogP contribution < -0.4 is 11.0 Å². The molecule has 1 saturated heterocycles. The van der Waals surface area contributed by atoms with Gasteiger partial charge in [-0.15, -0.1) is 0 Å². The summed E-state index contributed by atoms with van der Waals surface area (Å²) >= 11 is 0. The van der Waals surface area contributed by atoms with Crippen LogP contribution in [0, 0.1) is 5.92 Å². The molecule has 276 valence electrons. The highest BCUT2D eigenvalue weighted by molar-refractivity contribution is 5.82. The first-order valence-electron chi connectivity index (χ1n) is 18.4. The van der Waals surface area contributed by atoms with Gasteiger partial charge in [0, 0.05) is 24.1 Å². The number of nitrogens with one attached hydrogen (secondary N) is 1. The number of benzene rings is 3. The smallest absolute Gasteiger partial charge is 0.407 e. The number of carbonyl (C=O) groups is 2. The molecule has 53 heavy (non-hydrogen) atoms. The maximum absolute atomic E-state index is 13.2. The molecule has 1 aliphatic carbocycles. The number of amides is 1. The van der Waals surface area contributed by atoms with Gasteiger partial charge in [0.1, 0.15) is 37.3 Å². The Balaban J connectivity index is 0.943. The lowest BCUT2D eigenvalue weighted by atomic mass is 9.98. The van der Waals surface area contributed by atoms with Crippen molar-refractivity contribution >= 4 is 23.2 Å². The van der Waals surface area contributed by atoms with Gasteiger partial charge in [-0.25, -0.2) is 14.4 Å². The normalized spacial score (nSPS) is 18.5. The van der Waals surface area contributed by atoms with Crippen LogP contribution in [0.25, 0.3) is 33.6 Å². The quantitative estimate of drug-likeness (QED) is 0.0959. The van der Waals surface area contributed by atoms with Gasteiger partial charge in [-0.2, -0.15) is 4.98 Å². The Hall–Kier alpha value is -5.26. The summed E-state index contributed by atoms with van der Waals surface area (Å²) in [7, 11) is 0. The van der Waals surface area contributed by atoms with Gasteiger partial charge in [-0.05, 0) is 52.6 Å². The van der Waals surface area contributed by atoms with E-state index in [2.05, 4.69) is 41.5 Å². The topological polar surface area (TPSA) is 142 Å². The van der Waals surface area contributed by atoms with E-state index < -0.39 is 42.2 Å². The number of unbranched alkanes of at least 4 members (excludes halogenated alkanes) is 2. The molecule has 1 aliphatic heterocycles. The summed E-state index contributed by atoms with van der Waals surface area (Å²) < 4.78 is 24.5. The monoisotopic (exact) mass is 719 g/mol. The molecule has 0 spiro atoms. The van der Waals surface area contributed by atoms with E-state index in [0.717, 1.165) is 40.7 Å². The van der Waals surface area contributed by atoms with Crippen molar-refractivity contribution in [3.63, 3.8) is 0 Å². The van der Waals surface area contributed by atoms with Crippen molar-refractivity contribution in [3.05, 3.63) is 112 Å². The second-order valence-electron chi connectivity index (χ2n) is 14.2. The first kappa shape index (κ1) is 36.1. The van der Waals surface area contributed by atoms with Crippen LogP contribution in [0.3, 0.4) is 0 Å². The molecule has 1 unspecified atom stereocenters. The zero-order chi connectivity index (χ0) is 37.1. The number of hydrogen-bond acceptors (Lipinski definition) is 9. The first-order valence-corrected chi connectivity index (χ1v) is 18.4. The minimum Gasteiger partial charge on any atom is -0.461 e. The highest BCUT2D eigenvalue weighted by atomic mass is 16.6. The van der Waals surface area contributed by atoms with E-state index in [-0.39, 0.29) is 37.2 Å². The number of alkyl carbamates (subject to hydrolysis) is 1.